The molecule has 1 aliphatic heterocycles. The van der Waals surface area contributed by atoms with Crippen LogP contribution in [0.25, 0.3) is 0 Å². The maximum Gasteiger partial charge on any atom is 0.261 e. The van der Waals surface area contributed by atoms with Crippen molar-refractivity contribution >= 4 is 33.4 Å². The highest BCUT2D eigenvalue weighted by Crippen LogP contribution is 2.39. The van der Waals surface area contributed by atoms with E-state index in [2.05, 4.69) is 4.72 Å². The maximum atomic E-state index is 12.7. The zero-order valence-electron chi connectivity index (χ0n) is 17.6. The van der Waals surface area contributed by atoms with Crippen molar-refractivity contribution in [3.8, 4) is 0 Å². The van der Waals surface area contributed by atoms with Gasteiger partial charge in [-0.1, -0.05) is 35.9 Å². The topological polar surface area (TPSA) is 110 Å². The van der Waals surface area contributed by atoms with Crippen molar-refractivity contribution in [1.82, 2.24) is 9.62 Å². The Morgan fingerprint density at radius 3 is 2.22 bits per heavy atom. The number of halogens is 1. The van der Waals surface area contributed by atoms with Crippen molar-refractivity contribution in [3.05, 3.63) is 70.2 Å². The number of rotatable bonds is 7. The van der Waals surface area contributed by atoms with Crippen molar-refractivity contribution in [3.63, 3.8) is 0 Å². The molecule has 0 bridgehead atoms. The van der Waals surface area contributed by atoms with Gasteiger partial charge in [0.15, 0.2) is 0 Å². The number of sulfonamides is 1. The van der Waals surface area contributed by atoms with Crippen LogP contribution in [0.1, 0.15) is 52.0 Å². The minimum Gasteiger partial charge on any atom is -0.330 e. The maximum absolute atomic E-state index is 12.7. The minimum absolute atomic E-state index is 0.177. The number of hydrogen-bond donors (Lipinski definition) is 2. The summed E-state index contributed by atoms with van der Waals surface area (Å²) < 4.78 is 28.1. The summed E-state index contributed by atoms with van der Waals surface area (Å²) in [5, 5.41) is 0.659. The van der Waals surface area contributed by atoms with Crippen LogP contribution in [0.2, 0.25) is 5.02 Å². The zero-order valence-corrected chi connectivity index (χ0v) is 19.2. The summed E-state index contributed by atoms with van der Waals surface area (Å²) in [6.45, 7) is 0.288. The monoisotopic (exact) mass is 475 g/mol. The number of nitrogens with one attached hydrogen (secondary N) is 1. The second kappa shape index (κ2) is 8.94. The summed E-state index contributed by atoms with van der Waals surface area (Å²) in [4.78, 5) is 25.9. The highest BCUT2D eigenvalue weighted by atomic mass is 35.5. The van der Waals surface area contributed by atoms with Crippen molar-refractivity contribution in [2.24, 2.45) is 5.73 Å². The first-order chi connectivity index (χ1) is 15.2. The van der Waals surface area contributed by atoms with Gasteiger partial charge in [-0.05, 0) is 55.5 Å². The van der Waals surface area contributed by atoms with Gasteiger partial charge in [0, 0.05) is 29.6 Å². The van der Waals surface area contributed by atoms with Gasteiger partial charge in [0.25, 0.3) is 11.8 Å². The Kier molecular flexibility index (Phi) is 6.40. The molecule has 1 heterocycles. The average molecular weight is 476 g/mol. The van der Waals surface area contributed by atoms with Gasteiger partial charge in [0.05, 0.1) is 16.9 Å². The lowest BCUT2D eigenvalue weighted by atomic mass is 9.68. The van der Waals surface area contributed by atoms with Gasteiger partial charge in [-0.25, -0.2) is 13.1 Å². The molecule has 1 aliphatic carbocycles. The molecule has 3 N–H and O–H groups in total. The molecule has 4 rings (SSSR count). The van der Waals surface area contributed by atoms with E-state index in [0.29, 0.717) is 35.5 Å². The number of benzene rings is 2. The molecule has 7 nitrogen and oxygen atoms in total. The number of hydrogen-bond acceptors (Lipinski definition) is 5. The molecule has 2 aromatic rings. The van der Waals surface area contributed by atoms with Crippen LogP contribution in [-0.2, 0) is 15.4 Å². The zero-order chi connectivity index (χ0) is 22.9. The lowest BCUT2D eigenvalue weighted by Gasteiger charge is -2.40. The van der Waals surface area contributed by atoms with Crippen molar-refractivity contribution in [1.29, 1.82) is 0 Å². The smallest absolute Gasteiger partial charge is 0.261 e. The van der Waals surface area contributed by atoms with Crippen molar-refractivity contribution in [2.45, 2.75) is 37.1 Å². The standard InChI is InChI=1S/C23H26ClN3O4S/c24-17-5-3-4-16(14-17)23(15-25)10-8-18(9-11-23)26-32(30,31)13-12-27-21(28)19-6-1-2-7-20(19)22(27)29/h1-7,14,18,26H,8-13,15,25H2. The molecule has 0 aromatic heterocycles. The fraction of sp³-hybridized carbons (Fsp3) is 0.391. The highest BCUT2D eigenvalue weighted by Gasteiger charge is 2.38. The van der Waals surface area contributed by atoms with E-state index in [1.54, 1.807) is 24.3 Å². The number of carbonyl (C=O) groups excluding carboxylic acids is 2. The number of nitrogens with zero attached hydrogens (tertiary/aromatic N) is 1. The lowest BCUT2D eigenvalue weighted by Crippen LogP contribution is -2.46. The van der Waals surface area contributed by atoms with Gasteiger partial charge in [-0.15, -0.1) is 0 Å². The summed E-state index contributed by atoms with van der Waals surface area (Å²) in [6.07, 6.45) is 2.79. The van der Waals surface area contributed by atoms with E-state index >= 15 is 0 Å². The van der Waals surface area contributed by atoms with Gasteiger partial charge in [-0.2, -0.15) is 0 Å². The van der Waals surface area contributed by atoms with Gasteiger partial charge >= 0.3 is 0 Å². The summed E-state index contributed by atoms with van der Waals surface area (Å²) >= 11 is 6.15. The predicted molar refractivity (Wildman–Crippen MR) is 123 cm³/mol. The van der Waals surface area contributed by atoms with Gasteiger partial charge < -0.3 is 5.73 Å². The third kappa shape index (κ3) is 4.45. The third-order valence-electron chi connectivity index (χ3n) is 6.58. The van der Waals surface area contributed by atoms with Gasteiger partial charge in [-0.3, -0.25) is 14.5 Å². The Morgan fingerprint density at radius 1 is 1.03 bits per heavy atom. The van der Waals surface area contributed by atoms with E-state index in [0.717, 1.165) is 23.3 Å². The summed E-state index contributed by atoms with van der Waals surface area (Å²) in [5.74, 6) is -1.23. The summed E-state index contributed by atoms with van der Waals surface area (Å²) in [5.41, 5.74) is 7.62. The number of imide groups is 1. The Hall–Kier alpha value is -2.26. The molecule has 0 saturated heterocycles. The molecule has 2 aliphatic rings. The van der Waals surface area contributed by atoms with Crippen LogP contribution < -0.4 is 10.5 Å². The molecule has 9 heteroatoms. The molecule has 1 fully saturated rings. The number of amides is 2. The first-order valence-corrected chi connectivity index (χ1v) is 12.7. The minimum atomic E-state index is -3.67. The van der Waals surface area contributed by atoms with E-state index in [4.69, 9.17) is 17.3 Å². The van der Waals surface area contributed by atoms with Gasteiger partial charge in [0.1, 0.15) is 0 Å². The third-order valence-corrected chi connectivity index (χ3v) is 8.23. The number of carbonyl (C=O) groups is 2. The first kappa shape index (κ1) is 22.9. The molecule has 0 spiro atoms. The fourth-order valence-corrected chi connectivity index (χ4v) is 6.16. The molecule has 0 radical (unpaired) electrons. The first-order valence-electron chi connectivity index (χ1n) is 10.7. The number of nitrogens with two attached hydrogens (primary N) is 1. The molecular weight excluding hydrogens is 450 g/mol. The molecule has 0 atom stereocenters. The summed E-state index contributed by atoms with van der Waals surface area (Å²) in [7, 11) is -3.67. The Morgan fingerprint density at radius 2 is 1.66 bits per heavy atom. The van der Waals surface area contributed by atoms with Crippen molar-refractivity contribution < 1.29 is 18.0 Å². The van der Waals surface area contributed by atoms with Crippen LogP contribution in [0.4, 0.5) is 0 Å². The quantitative estimate of drug-likeness (QED) is 0.598. The second-order valence-electron chi connectivity index (χ2n) is 8.51. The fourth-order valence-electron chi connectivity index (χ4n) is 4.68. The second-order valence-corrected chi connectivity index (χ2v) is 10.8. The van der Waals surface area contributed by atoms with E-state index in [1.165, 1.54) is 0 Å². The Balaban J connectivity index is 1.35. The highest BCUT2D eigenvalue weighted by molar-refractivity contribution is 7.89. The van der Waals surface area contributed by atoms with Crippen LogP contribution in [0.5, 0.6) is 0 Å². The van der Waals surface area contributed by atoms with E-state index in [1.807, 2.05) is 24.3 Å². The Labute approximate surface area is 193 Å². The van der Waals surface area contributed by atoms with Gasteiger partial charge in [0.2, 0.25) is 10.0 Å². The molecule has 32 heavy (non-hydrogen) atoms. The largest absolute Gasteiger partial charge is 0.330 e. The summed E-state index contributed by atoms with van der Waals surface area (Å²) in [6, 6.07) is 14.0. The SMILES string of the molecule is NCC1(c2cccc(Cl)c2)CCC(NS(=O)(=O)CCN2C(=O)c3ccccc3C2=O)CC1. The lowest BCUT2D eigenvalue weighted by molar-refractivity contribution is 0.0664. The normalized spacial score (nSPS) is 23.4. The molecule has 1 saturated carbocycles. The van der Waals surface area contributed by atoms with E-state index < -0.39 is 21.8 Å². The number of fused-ring (bicyclic) bond motifs is 1. The van der Waals surface area contributed by atoms with Crippen LogP contribution in [0.3, 0.4) is 0 Å². The van der Waals surface area contributed by atoms with Crippen molar-refractivity contribution in [2.75, 3.05) is 18.8 Å². The van der Waals surface area contributed by atoms with E-state index in [9.17, 15) is 18.0 Å². The average Bonchev–Trinajstić information content (AvgIpc) is 3.03. The Bertz CT molecular complexity index is 1110. The van der Waals surface area contributed by atoms with Crippen LogP contribution in [-0.4, -0.2) is 50.0 Å². The van der Waals surface area contributed by atoms with Crippen LogP contribution in [0, 0.1) is 0 Å². The van der Waals surface area contributed by atoms with Crippen LogP contribution >= 0.6 is 11.6 Å². The predicted octanol–water partition coefficient (Wildman–Crippen LogP) is 2.69. The molecule has 170 valence electrons. The van der Waals surface area contributed by atoms with E-state index in [-0.39, 0.29) is 23.8 Å². The molecular formula is C23H26ClN3O4S. The molecule has 0 unspecified atom stereocenters. The molecule has 2 amide bonds. The van der Waals surface area contributed by atoms with Crippen LogP contribution in [0.15, 0.2) is 48.5 Å². The molecule has 2 aromatic carbocycles.